The first-order valence-electron chi connectivity index (χ1n) is 6.34. The van der Waals surface area contributed by atoms with Crippen molar-refractivity contribution in [3.8, 4) is 0 Å². The molecule has 0 unspecified atom stereocenters. The number of pyridine rings is 1. The van der Waals surface area contributed by atoms with E-state index >= 15 is 0 Å². The van der Waals surface area contributed by atoms with Crippen LogP contribution in [0.25, 0.3) is 0 Å². The van der Waals surface area contributed by atoms with Gasteiger partial charge in [-0.1, -0.05) is 29.8 Å². The highest BCUT2D eigenvalue weighted by molar-refractivity contribution is 5.30. The highest BCUT2D eigenvalue weighted by Crippen LogP contribution is 2.10. The molecule has 1 aromatic heterocycles. The summed E-state index contributed by atoms with van der Waals surface area (Å²) in [6.07, 6.45) is 1.85. The minimum Gasteiger partial charge on any atom is -0.307 e. The molecular weight excluding hydrogens is 220 g/mol. The summed E-state index contributed by atoms with van der Waals surface area (Å²) in [4.78, 5) is 4.38. The third kappa shape index (κ3) is 3.17. The number of hydrogen-bond donors (Lipinski definition) is 1. The van der Waals surface area contributed by atoms with Gasteiger partial charge in [-0.3, -0.25) is 4.98 Å². The van der Waals surface area contributed by atoms with E-state index in [0.29, 0.717) is 0 Å². The molecule has 2 heteroatoms. The van der Waals surface area contributed by atoms with Crippen molar-refractivity contribution in [2.45, 2.75) is 33.9 Å². The largest absolute Gasteiger partial charge is 0.307 e. The predicted molar refractivity (Wildman–Crippen MR) is 75.4 cm³/mol. The van der Waals surface area contributed by atoms with Crippen LogP contribution in [0.4, 0.5) is 0 Å². The molecule has 0 saturated heterocycles. The lowest BCUT2D eigenvalue weighted by atomic mass is 10.1. The van der Waals surface area contributed by atoms with Gasteiger partial charge in [0, 0.05) is 19.3 Å². The molecular formula is C16H20N2. The molecule has 94 valence electrons. The van der Waals surface area contributed by atoms with Crippen molar-refractivity contribution in [3.05, 3.63) is 64.5 Å². The van der Waals surface area contributed by atoms with E-state index < -0.39 is 0 Å². The van der Waals surface area contributed by atoms with Crippen molar-refractivity contribution >= 4 is 0 Å². The first kappa shape index (κ1) is 12.8. The minimum atomic E-state index is 0.819. The van der Waals surface area contributed by atoms with Gasteiger partial charge in [0.05, 0.1) is 5.69 Å². The van der Waals surface area contributed by atoms with Gasteiger partial charge in [0.2, 0.25) is 0 Å². The van der Waals surface area contributed by atoms with E-state index in [-0.39, 0.29) is 0 Å². The van der Waals surface area contributed by atoms with Crippen LogP contribution in [-0.4, -0.2) is 4.98 Å². The van der Waals surface area contributed by atoms with Gasteiger partial charge in [-0.2, -0.15) is 0 Å². The molecule has 0 spiro atoms. The topological polar surface area (TPSA) is 24.9 Å². The molecule has 0 radical (unpaired) electrons. The second-order valence-corrected chi connectivity index (χ2v) is 4.80. The molecule has 0 amide bonds. The zero-order valence-electron chi connectivity index (χ0n) is 11.3. The molecule has 18 heavy (non-hydrogen) atoms. The zero-order valence-corrected chi connectivity index (χ0v) is 11.3. The van der Waals surface area contributed by atoms with Crippen LogP contribution in [0.3, 0.4) is 0 Å². The first-order chi connectivity index (χ1) is 8.66. The second kappa shape index (κ2) is 5.78. The standard InChI is InChI=1S/C16H20N2/c1-12-6-7-15(14(3)9-12)10-17-11-16-13(2)5-4-8-18-16/h4-9,17H,10-11H2,1-3H3. The summed E-state index contributed by atoms with van der Waals surface area (Å²) in [6, 6.07) is 10.7. The Morgan fingerprint density at radius 1 is 1.00 bits per heavy atom. The quantitative estimate of drug-likeness (QED) is 0.887. The molecule has 0 atom stereocenters. The summed E-state index contributed by atoms with van der Waals surface area (Å²) in [5.74, 6) is 0. The fourth-order valence-corrected chi connectivity index (χ4v) is 2.06. The van der Waals surface area contributed by atoms with Gasteiger partial charge in [0.1, 0.15) is 0 Å². The van der Waals surface area contributed by atoms with Gasteiger partial charge < -0.3 is 5.32 Å². The lowest BCUT2D eigenvalue weighted by Crippen LogP contribution is -2.15. The van der Waals surface area contributed by atoms with Gasteiger partial charge in [0.15, 0.2) is 0 Å². The maximum atomic E-state index is 4.38. The van der Waals surface area contributed by atoms with Crippen LogP contribution in [0.2, 0.25) is 0 Å². The van der Waals surface area contributed by atoms with Crippen molar-refractivity contribution in [2.75, 3.05) is 0 Å². The zero-order chi connectivity index (χ0) is 13.0. The minimum absolute atomic E-state index is 0.819. The Morgan fingerprint density at radius 2 is 1.83 bits per heavy atom. The van der Waals surface area contributed by atoms with Gasteiger partial charge in [-0.25, -0.2) is 0 Å². The number of nitrogens with zero attached hydrogens (tertiary/aromatic N) is 1. The lowest BCUT2D eigenvalue weighted by molar-refractivity contribution is 0.674. The van der Waals surface area contributed by atoms with Gasteiger partial charge >= 0.3 is 0 Å². The molecule has 2 nitrogen and oxygen atoms in total. The molecule has 0 aliphatic rings. The average molecular weight is 240 g/mol. The second-order valence-electron chi connectivity index (χ2n) is 4.80. The molecule has 2 rings (SSSR count). The molecule has 1 aromatic carbocycles. The normalized spacial score (nSPS) is 10.6. The SMILES string of the molecule is Cc1ccc(CNCc2ncccc2C)c(C)c1. The number of nitrogens with one attached hydrogen (secondary N) is 1. The average Bonchev–Trinajstić information content (AvgIpc) is 2.34. The Bertz CT molecular complexity index is 532. The summed E-state index contributed by atoms with van der Waals surface area (Å²) in [7, 11) is 0. The maximum Gasteiger partial charge on any atom is 0.0570 e. The monoisotopic (exact) mass is 240 g/mol. The fraction of sp³-hybridized carbons (Fsp3) is 0.312. The van der Waals surface area contributed by atoms with Crippen molar-refractivity contribution in [1.82, 2.24) is 10.3 Å². The Morgan fingerprint density at radius 3 is 2.56 bits per heavy atom. The third-order valence-corrected chi connectivity index (χ3v) is 3.22. The number of hydrogen-bond acceptors (Lipinski definition) is 2. The molecule has 0 bridgehead atoms. The molecule has 0 aliphatic carbocycles. The predicted octanol–water partition coefficient (Wildman–Crippen LogP) is 3.30. The van der Waals surface area contributed by atoms with Crippen LogP contribution in [0.1, 0.15) is 27.9 Å². The smallest absolute Gasteiger partial charge is 0.0570 e. The van der Waals surface area contributed by atoms with Gasteiger partial charge in [0.25, 0.3) is 0 Å². The fourth-order valence-electron chi connectivity index (χ4n) is 2.06. The van der Waals surface area contributed by atoms with Crippen molar-refractivity contribution in [2.24, 2.45) is 0 Å². The summed E-state index contributed by atoms with van der Waals surface area (Å²) in [6.45, 7) is 8.10. The van der Waals surface area contributed by atoms with E-state index in [2.05, 4.69) is 55.3 Å². The Kier molecular flexibility index (Phi) is 4.11. The first-order valence-corrected chi connectivity index (χ1v) is 6.34. The number of benzene rings is 1. The van der Waals surface area contributed by atoms with Crippen LogP contribution in [-0.2, 0) is 13.1 Å². The number of aromatic nitrogens is 1. The Hall–Kier alpha value is -1.67. The molecule has 0 aliphatic heterocycles. The maximum absolute atomic E-state index is 4.38. The van der Waals surface area contributed by atoms with Crippen molar-refractivity contribution < 1.29 is 0 Å². The molecule has 0 fully saturated rings. The van der Waals surface area contributed by atoms with E-state index in [0.717, 1.165) is 18.8 Å². The summed E-state index contributed by atoms with van der Waals surface area (Å²) < 4.78 is 0. The van der Waals surface area contributed by atoms with E-state index in [9.17, 15) is 0 Å². The number of aryl methyl sites for hydroxylation is 3. The van der Waals surface area contributed by atoms with Gasteiger partial charge in [-0.05, 0) is 43.5 Å². The summed E-state index contributed by atoms with van der Waals surface area (Å²) in [5, 5.41) is 3.46. The van der Waals surface area contributed by atoms with E-state index in [4.69, 9.17) is 0 Å². The Labute approximate surface area is 109 Å². The highest BCUT2D eigenvalue weighted by atomic mass is 14.9. The third-order valence-electron chi connectivity index (χ3n) is 3.22. The molecule has 2 aromatic rings. The van der Waals surface area contributed by atoms with Crippen LogP contribution in [0.15, 0.2) is 36.5 Å². The summed E-state index contributed by atoms with van der Waals surface area (Å²) >= 11 is 0. The lowest BCUT2D eigenvalue weighted by Gasteiger charge is -2.09. The van der Waals surface area contributed by atoms with Crippen LogP contribution in [0.5, 0.6) is 0 Å². The number of rotatable bonds is 4. The van der Waals surface area contributed by atoms with E-state index in [1.807, 2.05) is 12.3 Å². The van der Waals surface area contributed by atoms with Crippen molar-refractivity contribution in [3.63, 3.8) is 0 Å². The van der Waals surface area contributed by atoms with Crippen LogP contribution >= 0.6 is 0 Å². The molecule has 0 saturated carbocycles. The Balaban J connectivity index is 1.95. The van der Waals surface area contributed by atoms with E-state index in [1.165, 1.54) is 22.3 Å². The van der Waals surface area contributed by atoms with Crippen LogP contribution in [0, 0.1) is 20.8 Å². The van der Waals surface area contributed by atoms with Crippen LogP contribution < -0.4 is 5.32 Å². The highest BCUT2D eigenvalue weighted by Gasteiger charge is 2.00. The summed E-state index contributed by atoms with van der Waals surface area (Å²) in [5.41, 5.74) is 6.39. The van der Waals surface area contributed by atoms with Crippen molar-refractivity contribution in [1.29, 1.82) is 0 Å². The molecule has 1 heterocycles. The van der Waals surface area contributed by atoms with Gasteiger partial charge in [-0.15, -0.1) is 0 Å². The van der Waals surface area contributed by atoms with E-state index in [1.54, 1.807) is 0 Å². The molecule has 1 N–H and O–H groups in total.